The topological polar surface area (TPSA) is 38.1 Å². The fourth-order valence-corrected chi connectivity index (χ4v) is 1.46. The summed E-state index contributed by atoms with van der Waals surface area (Å²) in [5.74, 6) is 1.29. The van der Waals surface area contributed by atoms with Gasteiger partial charge in [0.05, 0.1) is 12.7 Å². The van der Waals surface area contributed by atoms with Gasteiger partial charge in [-0.15, -0.1) is 0 Å². The third kappa shape index (κ3) is 6.31. The molecule has 98 valence electrons. The third-order valence-corrected chi connectivity index (χ3v) is 2.37. The van der Waals surface area contributed by atoms with Crippen molar-refractivity contribution in [3.8, 4) is 0 Å². The molecule has 0 aliphatic heterocycles. The van der Waals surface area contributed by atoms with Crippen LogP contribution < -0.4 is 5.32 Å². The second-order valence-corrected chi connectivity index (χ2v) is 4.15. The van der Waals surface area contributed by atoms with Crippen LogP contribution in [0, 0.1) is 6.92 Å². The van der Waals surface area contributed by atoms with Crippen molar-refractivity contribution in [3.05, 3.63) is 17.8 Å². The minimum Gasteiger partial charge on any atom is -0.445 e. The Hall–Kier alpha value is -1.04. The number of hydrogen-bond donors (Lipinski definition) is 1. The maximum Gasteiger partial charge on any atom is 0.389 e. The molecule has 1 unspecified atom stereocenters. The number of nitrogens with zero attached hydrogens (tertiary/aromatic N) is 1. The van der Waals surface area contributed by atoms with Crippen LogP contribution in [0.4, 0.5) is 13.2 Å². The Balaban J connectivity index is 2.15. The van der Waals surface area contributed by atoms with E-state index in [1.807, 2.05) is 6.92 Å². The molecule has 1 heterocycles. The Morgan fingerprint density at radius 3 is 2.71 bits per heavy atom. The molecule has 6 heteroatoms. The Morgan fingerprint density at radius 1 is 1.47 bits per heavy atom. The summed E-state index contributed by atoms with van der Waals surface area (Å²) in [7, 11) is 0. The van der Waals surface area contributed by atoms with E-state index >= 15 is 0 Å². The van der Waals surface area contributed by atoms with Gasteiger partial charge in [0.25, 0.3) is 0 Å². The number of aromatic nitrogens is 1. The highest BCUT2D eigenvalue weighted by atomic mass is 19.4. The molecule has 1 rings (SSSR count). The smallest absolute Gasteiger partial charge is 0.389 e. The van der Waals surface area contributed by atoms with Gasteiger partial charge in [-0.25, -0.2) is 4.98 Å². The van der Waals surface area contributed by atoms with Gasteiger partial charge in [0.2, 0.25) is 5.89 Å². The summed E-state index contributed by atoms with van der Waals surface area (Å²) in [5, 5.41) is 3.07. The molecule has 0 bridgehead atoms. The van der Waals surface area contributed by atoms with E-state index in [4.69, 9.17) is 4.42 Å². The molecular weight excluding hydrogens is 233 g/mol. The number of halogens is 3. The Kier molecular flexibility index (Phi) is 4.99. The molecule has 17 heavy (non-hydrogen) atoms. The zero-order valence-electron chi connectivity index (χ0n) is 9.97. The van der Waals surface area contributed by atoms with Gasteiger partial charge >= 0.3 is 6.18 Å². The normalized spacial score (nSPS) is 13.9. The second kappa shape index (κ2) is 6.05. The number of oxazole rings is 1. The van der Waals surface area contributed by atoms with Gasteiger partial charge in [-0.3, -0.25) is 0 Å². The summed E-state index contributed by atoms with van der Waals surface area (Å²) in [4.78, 5) is 4.00. The first-order valence-corrected chi connectivity index (χ1v) is 5.58. The minimum absolute atomic E-state index is 0.0181. The van der Waals surface area contributed by atoms with Crippen LogP contribution in [0.3, 0.4) is 0 Å². The van der Waals surface area contributed by atoms with Crippen molar-refractivity contribution in [2.75, 3.05) is 0 Å². The van der Waals surface area contributed by atoms with E-state index in [0.717, 1.165) is 5.76 Å². The molecule has 0 aromatic carbocycles. The van der Waals surface area contributed by atoms with Crippen LogP contribution in [0.15, 0.2) is 10.6 Å². The SMILES string of the molecule is Cc1cnc(CNC(C)CCCC(F)(F)F)o1. The fraction of sp³-hybridized carbons (Fsp3) is 0.727. The first-order valence-electron chi connectivity index (χ1n) is 5.58. The van der Waals surface area contributed by atoms with Crippen LogP contribution in [0.1, 0.15) is 37.8 Å². The van der Waals surface area contributed by atoms with E-state index in [-0.39, 0.29) is 12.5 Å². The summed E-state index contributed by atoms with van der Waals surface area (Å²) in [6.07, 6.45) is -2.54. The monoisotopic (exact) mass is 250 g/mol. The molecule has 0 radical (unpaired) electrons. The van der Waals surface area contributed by atoms with Crippen LogP contribution in [-0.2, 0) is 6.54 Å². The van der Waals surface area contributed by atoms with Crippen LogP contribution in [-0.4, -0.2) is 17.2 Å². The van der Waals surface area contributed by atoms with Crippen molar-refractivity contribution in [3.63, 3.8) is 0 Å². The second-order valence-electron chi connectivity index (χ2n) is 4.15. The lowest BCUT2D eigenvalue weighted by Crippen LogP contribution is -2.26. The highest BCUT2D eigenvalue weighted by Gasteiger charge is 2.26. The average Bonchev–Trinajstić information content (AvgIpc) is 2.59. The van der Waals surface area contributed by atoms with Crippen LogP contribution >= 0.6 is 0 Å². The van der Waals surface area contributed by atoms with Gasteiger partial charge in [-0.2, -0.15) is 13.2 Å². The van der Waals surface area contributed by atoms with Crippen molar-refractivity contribution >= 4 is 0 Å². The van der Waals surface area contributed by atoms with Crippen molar-refractivity contribution < 1.29 is 17.6 Å². The van der Waals surface area contributed by atoms with Gasteiger partial charge in [0.1, 0.15) is 5.76 Å². The first-order chi connectivity index (χ1) is 7.87. The standard InChI is InChI=1S/C11H17F3N2O/c1-8(4-3-5-11(12,13)14)15-7-10-16-6-9(2)17-10/h6,8,15H,3-5,7H2,1-2H3. The largest absolute Gasteiger partial charge is 0.445 e. The van der Waals surface area contributed by atoms with Crippen LogP contribution in [0.5, 0.6) is 0 Å². The fourth-order valence-electron chi connectivity index (χ4n) is 1.46. The Morgan fingerprint density at radius 2 is 2.18 bits per heavy atom. The van der Waals surface area contributed by atoms with Crippen LogP contribution in [0.25, 0.3) is 0 Å². The molecule has 1 N–H and O–H groups in total. The number of alkyl halides is 3. The predicted molar refractivity (Wildman–Crippen MR) is 57.4 cm³/mol. The minimum atomic E-state index is -4.06. The van der Waals surface area contributed by atoms with E-state index in [2.05, 4.69) is 10.3 Å². The quantitative estimate of drug-likeness (QED) is 0.842. The maximum atomic E-state index is 11.9. The lowest BCUT2D eigenvalue weighted by molar-refractivity contribution is -0.135. The summed E-state index contributed by atoms with van der Waals surface area (Å²) >= 11 is 0. The third-order valence-electron chi connectivity index (χ3n) is 2.37. The van der Waals surface area contributed by atoms with Gasteiger partial charge in [0.15, 0.2) is 0 Å². The van der Waals surface area contributed by atoms with Gasteiger partial charge in [0, 0.05) is 12.5 Å². The van der Waals surface area contributed by atoms with Crippen molar-refractivity contribution in [1.29, 1.82) is 0 Å². The zero-order valence-corrected chi connectivity index (χ0v) is 9.97. The van der Waals surface area contributed by atoms with Gasteiger partial charge in [-0.1, -0.05) is 0 Å². The average molecular weight is 250 g/mol. The molecule has 0 saturated carbocycles. The van der Waals surface area contributed by atoms with Crippen molar-refractivity contribution in [1.82, 2.24) is 10.3 Å². The highest BCUT2D eigenvalue weighted by molar-refractivity contribution is 4.90. The molecule has 0 amide bonds. The van der Waals surface area contributed by atoms with E-state index in [1.165, 1.54) is 0 Å². The van der Waals surface area contributed by atoms with E-state index in [9.17, 15) is 13.2 Å². The molecule has 1 aromatic rings. The molecule has 3 nitrogen and oxygen atoms in total. The predicted octanol–water partition coefficient (Wildman–Crippen LogP) is 3.19. The van der Waals surface area contributed by atoms with E-state index in [1.54, 1.807) is 13.1 Å². The van der Waals surface area contributed by atoms with E-state index < -0.39 is 12.6 Å². The summed E-state index contributed by atoms with van der Waals surface area (Å²) in [6, 6.07) is 0.0181. The molecule has 0 saturated heterocycles. The molecule has 0 aliphatic carbocycles. The number of aryl methyl sites for hydroxylation is 1. The Bertz CT molecular complexity index is 336. The summed E-state index contributed by atoms with van der Waals surface area (Å²) in [5.41, 5.74) is 0. The van der Waals surface area contributed by atoms with Gasteiger partial charge in [-0.05, 0) is 26.7 Å². The highest BCUT2D eigenvalue weighted by Crippen LogP contribution is 2.22. The molecule has 0 fully saturated rings. The van der Waals surface area contributed by atoms with E-state index in [0.29, 0.717) is 18.9 Å². The summed E-state index contributed by atoms with van der Waals surface area (Å²) in [6.45, 7) is 4.09. The molecule has 0 aliphatic rings. The maximum absolute atomic E-state index is 11.9. The molecule has 1 aromatic heterocycles. The number of hydrogen-bond acceptors (Lipinski definition) is 3. The number of nitrogens with one attached hydrogen (secondary N) is 1. The van der Waals surface area contributed by atoms with Crippen molar-refractivity contribution in [2.24, 2.45) is 0 Å². The first kappa shape index (κ1) is 14.0. The van der Waals surface area contributed by atoms with Crippen LogP contribution in [0.2, 0.25) is 0 Å². The lowest BCUT2D eigenvalue weighted by atomic mass is 10.1. The zero-order chi connectivity index (χ0) is 12.9. The van der Waals surface area contributed by atoms with Gasteiger partial charge < -0.3 is 9.73 Å². The summed E-state index contributed by atoms with van der Waals surface area (Å²) < 4.78 is 41.0. The van der Waals surface area contributed by atoms with Crippen molar-refractivity contribution in [2.45, 2.75) is 51.9 Å². The molecular formula is C11H17F3N2O. The Labute approximate surface area is 98.4 Å². The molecule has 1 atom stereocenters. The lowest BCUT2D eigenvalue weighted by Gasteiger charge is -2.13. The number of rotatable bonds is 6. The molecule has 0 spiro atoms.